The van der Waals surface area contributed by atoms with Gasteiger partial charge in [0.2, 0.25) is 0 Å². The molecule has 0 heterocycles. The Labute approximate surface area is 58.6 Å². The molecular formula is AuCoCuO. The van der Waals surface area contributed by atoms with E-state index in [1.54, 1.807) is 0 Å². The fourth-order valence-electron chi connectivity index (χ4n) is 0. The summed E-state index contributed by atoms with van der Waals surface area (Å²) in [5.41, 5.74) is 0. The van der Waals surface area contributed by atoms with E-state index in [9.17, 15) is 0 Å². The molecule has 0 aromatic heterocycles. The van der Waals surface area contributed by atoms with E-state index in [1.807, 2.05) is 0 Å². The minimum absolute atomic E-state index is 0. The summed E-state index contributed by atoms with van der Waals surface area (Å²) in [4.78, 5) is 0. The van der Waals surface area contributed by atoms with E-state index in [-0.39, 0.29) is 39.2 Å². The first kappa shape index (κ1) is 17.6. The summed E-state index contributed by atoms with van der Waals surface area (Å²) in [5, 5.41) is 0. The Kier molecular flexibility index (Phi) is 104. The molecule has 0 rings (SSSR count). The molecule has 0 aromatic carbocycles. The molecule has 37 valence electrons. The zero-order valence-electron chi connectivity index (χ0n) is 1.34. The average molecular weight is 335 g/mol. The Balaban J connectivity index is -0.00000000500. The van der Waals surface area contributed by atoms with Gasteiger partial charge < -0.3 is 0 Å². The van der Waals surface area contributed by atoms with Gasteiger partial charge in [0.15, 0.2) is 0 Å². The zero-order chi connectivity index (χ0) is 2.00. The zero-order valence-corrected chi connectivity index (χ0v) is 5.49. The van der Waals surface area contributed by atoms with Crippen molar-refractivity contribution in [1.29, 1.82) is 0 Å². The van der Waals surface area contributed by atoms with E-state index in [1.165, 1.54) is 0 Å². The molecular weight excluding hydrogens is 335 g/mol. The molecule has 0 unspecified atom stereocenters. The van der Waals surface area contributed by atoms with Crippen molar-refractivity contribution < 1.29 is 58.9 Å². The standard InChI is InChI=1S/Au.Co.Cu.O. The first-order chi connectivity index (χ1) is 1.00. The molecule has 4 heavy (non-hydrogen) atoms. The van der Waals surface area contributed by atoms with Crippen LogP contribution in [-0.4, -0.2) is 0 Å². The van der Waals surface area contributed by atoms with Crippen molar-refractivity contribution in [3.8, 4) is 0 Å². The van der Waals surface area contributed by atoms with E-state index in [0.29, 0.717) is 0 Å². The van der Waals surface area contributed by atoms with Crippen LogP contribution < -0.4 is 0 Å². The number of hydrogen-bond donors (Lipinski definition) is 0. The molecule has 0 N–H and O–H groups in total. The Hall–Kier alpha value is 1.57. The van der Waals surface area contributed by atoms with Crippen LogP contribution in [0.5, 0.6) is 0 Å². The minimum atomic E-state index is 0. The molecule has 0 amide bonds. The van der Waals surface area contributed by atoms with Gasteiger partial charge in [-0.05, 0) is 0 Å². The van der Waals surface area contributed by atoms with Gasteiger partial charge in [0.25, 0.3) is 0 Å². The van der Waals surface area contributed by atoms with Crippen LogP contribution in [0.1, 0.15) is 0 Å². The maximum absolute atomic E-state index is 7.81. The van der Waals surface area contributed by atoms with E-state index in [2.05, 4.69) is 15.9 Å². The second-order valence-corrected chi connectivity index (χ2v) is 0. The van der Waals surface area contributed by atoms with Gasteiger partial charge in [-0.25, -0.2) is 0 Å². The van der Waals surface area contributed by atoms with Crippen molar-refractivity contribution in [3.63, 3.8) is 0 Å². The topological polar surface area (TPSA) is 17.1 Å². The van der Waals surface area contributed by atoms with Crippen molar-refractivity contribution in [2.24, 2.45) is 0 Å². The molecule has 0 aliphatic rings. The van der Waals surface area contributed by atoms with Gasteiger partial charge in [-0.2, -0.15) is 0 Å². The van der Waals surface area contributed by atoms with Crippen LogP contribution in [0.15, 0.2) is 0 Å². The molecule has 0 atom stereocenters. The predicted octanol–water partition coefficient (Wildman–Crippen LogP) is -0.126. The molecule has 4 heteroatoms. The monoisotopic (exact) mass is 335 g/mol. The summed E-state index contributed by atoms with van der Waals surface area (Å²) >= 11 is 2.94. The van der Waals surface area contributed by atoms with Crippen molar-refractivity contribution >= 4 is 0 Å². The normalized spacial score (nSPS) is 1.50. The van der Waals surface area contributed by atoms with E-state index < -0.39 is 0 Å². The number of rotatable bonds is 0. The second-order valence-electron chi connectivity index (χ2n) is 0. The summed E-state index contributed by atoms with van der Waals surface area (Å²) in [6.45, 7) is 0. The van der Waals surface area contributed by atoms with Gasteiger partial charge in [0, 0.05) is 39.2 Å². The average Bonchev–Trinajstić information content (AvgIpc) is 1.00. The fourth-order valence-corrected chi connectivity index (χ4v) is 0. The number of hydrogen-bond acceptors (Lipinski definition) is 1. The fraction of sp³-hybridized carbons (Fsp3) is 0. The Morgan fingerprint density at radius 1 is 1.25 bits per heavy atom. The molecule has 0 spiro atoms. The van der Waals surface area contributed by atoms with Crippen molar-refractivity contribution in [2.45, 2.75) is 0 Å². The molecule has 0 bridgehead atoms. The Morgan fingerprint density at radius 2 is 1.25 bits per heavy atom. The van der Waals surface area contributed by atoms with Crippen molar-refractivity contribution in [1.82, 2.24) is 0 Å². The van der Waals surface area contributed by atoms with E-state index in [4.69, 9.17) is 3.83 Å². The first-order valence-corrected chi connectivity index (χ1v) is 0.508. The molecule has 0 saturated heterocycles. The molecule has 0 fully saturated rings. The quantitative estimate of drug-likeness (QED) is 0.564. The van der Waals surface area contributed by atoms with Gasteiger partial charge in [0.05, 0.1) is 0 Å². The first-order valence-electron chi connectivity index (χ1n) is 0.123. The second kappa shape index (κ2) is 23.7. The van der Waals surface area contributed by atoms with Gasteiger partial charge in [-0.1, -0.05) is 0 Å². The maximum atomic E-state index is 7.81. The van der Waals surface area contributed by atoms with Crippen LogP contribution in [0.3, 0.4) is 0 Å². The van der Waals surface area contributed by atoms with Crippen LogP contribution in [-0.2, 0) is 58.9 Å². The van der Waals surface area contributed by atoms with Crippen LogP contribution in [0.25, 0.3) is 0 Å². The van der Waals surface area contributed by atoms with Gasteiger partial charge in [-0.3, -0.25) is 0 Å². The third kappa shape index (κ3) is 9.57. The molecule has 0 saturated carbocycles. The Morgan fingerprint density at radius 3 is 1.25 bits per heavy atom. The van der Waals surface area contributed by atoms with Gasteiger partial charge >= 0.3 is 19.8 Å². The third-order valence-corrected chi connectivity index (χ3v) is 0. The molecule has 0 aromatic rings. The molecule has 2 radical (unpaired) electrons. The SMILES string of the molecule is [Au].[Co].[O]=[Cu]. The predicted molar refractivity (Wildman–Crippen MR) is 0.686 cm³/mol. The van der Waals surface area contributed by atoms with E-state index in [0.717, 1.165) is 0 Å². The summed E-state index contributed by atoms with van der Waals surface area (Å²) in [7, 11) is 0. The molecule has 0 aliphatic carbocycles. The summed E-state index contributed by atoms with van der Waals surface area (Å²) in [5.74, 6) is 0. The van der Waals surface area contributed by atoms with Crippen LogP contribution in [0, 0.1) is 0 Å². The van der Waals surface area contributed by atoms with Gasteiger partial charge in [-0.15, -0.1) is 0 Å². The molecule has 1 nitrogen and oxygen atoms in total. The van der Waals surface area contributed by atoms with Crippen LogP contribution in [0.2, 0.25) is 0 Å². The molecule has 0 aliphatic heterocycles. The van der Waals surface area contributed by atoms with Gasteiger partial charge in [0.1, 0.15) is 0 Å². The Bertz CT molecular complexity index is 8.00. The summed E-state index contributed by atoms with van der Waals surface area (Å²) in [6, 6.07) is 0. The van der Waals surface area contributed by atoms with Crippen LogP contribution >= 0.6 is 0 Å². The third-order valence-electron chi connectivity index (χ3n) is 0. The van der Waals surface area contributed by atoms with Crippen LogP contribution in [0.4, 0.5) is 0 Å². The summed E-state index contributed by atoms with van der Waals surface area (Å²) in [6.07, 6.45) is 0. The van der Waals surface area contributed by atoms with Crippen molar-refractivity contribution in [2.75, 3.05) is 0 Å². The van der Waals surface area contributed by atoms with Crippen molar-refractivity contribution in [3.05, 3.63) is 0 Å². The summed E-state index contributed by atoms with van der Waals surface area (Å²) < 4.78 is 7.81. The van der Waals surface area contributed by atoms with E-state index >= 15 is 0 Å².